The van der Waals surface area contributed by atoms with Gasteiger partial charge in [-0.3, -0.25) is 9.59 Å². The molecule has 1 aromatic carbocycles. The van der Waals surface area contributed by atoms with E-state index in [9.17, 15) is 9.59 Å². The van der Waals surface area contributed by atoms with Gasteiger partial charge in [-0.25, -0.2) is 0 Å². The molecular formula is C15H14ClNO4. The highest BCUT2D eigenvalue weighted by Crippen LogP contribution is 2.25. The minimum atomic E-state index is -0.858. The lowest BCUT2D eigenvalue weighted by Gasteiger charge is -2.29. The van der Waals surface area contributed by atoms with Crippen molar-refractivity contribution in [1.82, 2.24) is 4.90 Å². The van der Waals surface area contributed by atoms with Gasteiger partial charge in [0.2, 0.25) is 0 Å². The molecule has 0 radical (unpaired) electrons. The molecule has 1 atom stereocenters. The predicted octanol–water partition coefficient (Wildman–Crippen LogP) is 3.02. The minimum Gasteiger partial charge on any atom is -0.481 e. The van der Waals surface area contributed by atoms with E-state index in [2.05, 4.69) is 0 Å². The highest BCUT2D eigenvalue weighted by atomic mass is 35.5. The normalized spacial score (nSPS) is 18.9. The average Bonchev–Trinajstić information content (AvgIpc) is 2.89. The number of carbonyl (C=O) groups excluding carboxylic acids is 1. The summed E-state index contributed by atoms with van der Waals surface area (Å²) in [7, 11) is 0. The Hall–Kier alpha value is -2.01. The van der Waals surface area contributed by atoms with Gasteiger partial charge < -0.3 is 14.4 Å². The monoisotopic (exact) mass is 307 g/mol. The second-order valence-electron chi connectivity index (χ2n) is 5.22. The van der Waals surface area contributed by atoms with E-state index in [1.807, 2.05) is 0 Å². The topological polar surface area (TPSA) is 70.8 Å². The van der Waals surface area contributed by atoms with Crippen LogP contribution in [0.5, 0.6) is 0 Å². The number of hydrogen-bond donors (Lipinski definition) is 1. The van der Waals surface area contributed by atoms with E-state index in [4.69, 9.17) is 21.1 Å². The molecular weight excluding hydrogens is 294 g/mol. The summed E-state index contributed by atoms with van der Waals surface area (Å²) in [6, 6.07) is 6.79. The van der Waals surface area contributed by atoms with Gasteiger partial charge in [-0.15, -0.1) is 0 Å². The fourth-order valence-corrected chi connectivity index (χ4v) is 2.82. The van der Waals surface area contributed by atoms with Crippen LogP contribution in [0.3, 0.4) is 0 Å². The number of nitrogens with zero attached hydrogens (tertiary/aromatic N) is 1. The van der Waals surface area contributed by atoms with E-state index in [1.54, 1.807) is 29.2 Å². The van der Waals surface area contributed by atoms with Gasteiger partial charge in [-0.1, -0.05) is 11.6 Å². The van der Waals surface area contributed by atoms with Crippen LogP contribution < -0.4 is 0 Å². The van der Waals surface area contributed by atoms with Crippen LogP contribution >= 0.6 is 11.6 Å². The maximum atomic E-state index is 12.4. The van der Waals surface area contributed by atoms with Crippen LogP contribution in [0.1, 0.15) is 23.4 Å². The lowest BCUT2D eigenvalue weighted by atomic mass is 9.98. The summed E-state index contributed by atoms with van der Waals surface area (Å²) in [6.45, 7) is 0.784. The van der Waals surface area contributed by atoms with Crippen molar-refractivity contribution in [2.75, 3.05) is 13.1 Å². The summed E-state index contributed by atoms with van der Waals surface area (Å²) in [4.78, 5) is 25.0. The highest BCUT2D eigenvalue weighted by Gasteiger charge is 2.30. The SMILES string of the molecule is O=C(O)[C@@H]1CCCN(C(=O)c2cc3cc(Cl)ccc3o2)C1. The molecule has 6 heteroatoms. The van der Waals surface area contributed by atoms with Gasteiger partial charge in [-0.05, 0) is 37.1 Å². The maximum Gasteiger partial charge on any atom is 0.308 e. The summed E-state index contributed by atoms with van der Waals surface area (Å²) >= 11 is 5.91. The zero-order valence-electron chi connectivity index (χ0n) is 11.2. The van der Waals surface area contributed by atoms with Crippen molar-refractivity contribution >= 4 is 34.4 Å². The zero-order chi connectivity index (χ0) is 15.0. The van der Waals surface area contributed by atoms with Crippen molar-refractivity contribution in [2.24, 2.45) is 5.92 Å². The molecule has 0 unspecified atom stereocenters. The van der Waals surface area contributed by atoms with Gasteiger partial charge in [0.05, 0.1) is 5.92 Å². The fraction of sp³-hybridized carbons (Fsp3) is 0.333. The van der Waals surface area contributed by atoms with Crippen LogP contribution in [0.15, 0.2) is 28.7 Å². The van der Waals surface area contributed by atoms with Crippen molar-refractivity contribution in [2.45, 2.75) is 12.8 Å². The molecule has 1 aliphatic rings. The lowest BCUT2D eigenvalue weighted by Crippen LogP contribution is -2.42. The summed E-state index contributed by atoms with van der Waals surface area (Å²) in [5.41, 5.74) is 0.592. The number of furan rings is 1. The molecule has 5 nitrogen and oxygen atoms in total. The summed E-state index contributed by atoms with van der Waals surface area (Å²) < 4.78 is 5.54. The first-order valence-electron chi connectivity index (χ1n) is 6.76. The van der Waals surface area contributed by atoms with E-state index in [1.165, 1.54) is 0 Å². The minimum absolute atomic E-state index is 0.221. The number of piperidine rings is 1. The quantitative estimate of drug-likeness (QED) is 0.925. The van der Waals surface area contributed by atoms with Crippen LogP contribution in [-0.2, 0) is 4.79 Å². The lowest BCUT2D eigenvalue weighted by molar-refractivity contribution is -0.143. The molecule has 1 amide bonds. The number of carbonyl (C=O) groups is 2. The predicted molar refractivity (Wildman–Crippen MR) is 77.5 cm³/mol. The molecule has 1 aliphatic heterocycles. The summed E-state index contributed by atoms with van der Waals surface area (Å²) in [5, 5.41) is 10.4. The number of rotatable bonds is 2. The molecule has 110 valence electrons. The molecule has 1 aromatic heterocycles. The Kier molecular flexibility index (Phi) is 3.59. The number of halogens is 1. The molecule has 0 aliphatic carbocycles. The molecule has 1 saturated heterocycles. The summed E-state index contributed by atoms with van der Waals surface area (Å²) in [6.07, 6.45) is 1.30. The molecule has 21 heavy (non-hydrogen) atoms. The largest absolute Gasteiger partial charge is 0.481 e. The van der Waals surface area contributed by atoms with Gasteiger partial charge in [-0.2, -0.15) is 0 Å². The third-order valence-corrected chi connectivity index (χ3v) is 3.98. The first kappa shape index (κ1) is 13.9. The van der Waals surface area contributed by atoms with Crippen molar-refractivity contribution in [1.29, 1.82) is 0 Å². The number of carboxylic acid groups (broad SMARTS) is 1. The molecule has 3 rings (SSSR count). The average molecular weight is 308 g/mol. The van der Waals surface area contributed by atoms with E-state index >= 15 is 0 Å². The number of carboxylic acids is 1. The van der Waals surface area contributed by atoms with Crippen LogP contribution in [0.2, 0.25) is 5.02 Å². The van der Waals surface area contributed by atoms with Gasteiger partial charge in [0.25, 0.3) is 5.91 Å². The molecule has 0 bridgehead atoms. The highest BCUT2D eigenvalue weighted by molar-refractivity contribution is 6.31. The molecule has 2 aromatic rings. The van der Waals surface area contributed by atoms with Gasteiger partial charge >= 0.3 is 5.97 Å². The van der Waals surface area contributed by atoms with E-state index in [0.717, 1.165) is 5.39 Å². The van der Waals surface area contributed by atoms with Crippen molar-refractivity contribution < 1.29 is 19.1 Å². The molecule has 0 saturated carbocycles. The third kappa shape index (κ3) is 2.74. The molecule has 1 N–H and O–H groups in total. The Morgan fingerprint density at radius 3 is 2.90 bits per heavy atom. The molecule has 2 heterocycles. The van der Waals surface area contributed by atoms with Gasteiger partial charge in [0, 0.05) is 23.5 Å². The Balaban J connectivity index is 1.84. The van der Waals surface area contributed by atoms with E-state index in [0.29, 0.717) is 30.0 Å². The van der Waals surface area contributed by atoms with Crippen molar-refractivity contribution in [3.63, 3.8) is 0 Å². The van der Waals surface area contributed by atoms with Crippen LogP contribution in [0.25, 0.3) is 11.0 Å². The number of hydrogen-bond acceptors (Lipinski definition) is 3. The molecule has 0 spiro atoms. The van der Waals surface area contributed by atoms with Gasteiger partial charge in [0.1, 0.15) is 5.58 Å². The first-order valence-corrected chi connectivity index (χ1v) is 7.13. The smallest absolute Gasteiger partial charge is 0.308 e. The first-order chi connectivity index (χ1) is 10.0. The zero-order valence-corrected chi connectivity index (χ0v) is 12.0. The number of fused-ring (bicyclic) bond motifs is 1. The van der Waals surface area contributed by atoms with Crippen molar-refractivity contribution in [3.05, 3.63) is 35.0 Å². The number of benzene rings is 1. The second kappa shape index (κ2) is 5.41. The number of amides is 1. The van der Waals surface area contributed by atoms with E-state index in [-0.39, 0.29) is 18.2 Å². The van der Waals surface area contributed by atoms with Gasteiger partial charge in [0.15, 0.2) is 5.76 Å². The molecule has 1 fully saturated rings. The maximum absolute atomic E-state index is 12.4. The Morgan fingerprint density at radius 1 is 1.33 bits per heavy atom. The number of aliphatic carboxylic acids is 1. The summed E-state index contributed by atoms with van der Waals surface area (Å²) in [5.74, 6) is -1.41. The Labute approximate surface area is 126 Å². The Morgan fingerprint density at radius 2 is 2.14 bits per heavy atom. The van der Waals surface area contributed by atoms with Crippen LogP contribution in [0, 0.1) is 5.92 Å². The fourth-order valence-electron chi connectivity index (χ4n) is 2.64. The second-order valence-corrected chi connectivity index (χ2v) is 5.66. The number of likely N-dealkylation sites (tertiary alicyclic amines) is 1. The van der Waals surface area contributed by atoms with Crippen molar-refractivity contribution in [3.8, 4) is 0 Å². The standard InChI is InChI=1S/C15H14ClNO4/c16-11-3-4-12-10(6-11)7-13(21-12)14(18)17-5-1-2-9(8-17)15(19)20/h3-4,6-7,9H,1-2,5,8H2,(H,19,20)/t9-/m1/s1. The van der Waals surface area contributed by atoms with Crippen LogP contribution in [-0.4, -0.2) is 35.0 Å². The van der Waals surface area contributed by atoms with Crippen LogP contribution in [0.4, 0.5) is 0 Å². The Bertz CT molecular complexity index is 709. The third-order valence-electron chi connectivity index (χ3n) is 3.75. The van der Waals surface area contributed by atoms with E-state index < -0.39 is 11.9 Å².